The van der Waals surface area contributed by atoms with Crippen LogP contribution in [0.3, 0.4) is 0 Å². The van der Waals surface area contributed by atoms with Crippen LogP contribution in [0, 0.1) is 6.92 Å². The number of piperidine rings is 1. The fourth-order valence-corrected chi connectivity index (χ4v) is 4.74. The first kappa shape index (κ1) is 23.5. The molecule has 9 nitrogen and oxygen atoms in total. The third-order valence-corrected chi connectivity index (χ3v) is 6.55. The topological polar surface area (TPSA) is 93.8 Å². The maximum atomic E-state index is 13.2. The highest BCUT2D eigenvalue weighted by Crippen LogP contribution is 2.33. The average Bonchev–Trinajstić information content (AvgIpc) is 3.43. The van der Waals surface area contributed by atoms with Crippen LogP contribution in [0.1, 0.15) is 35.4 Å². The smallest absolute Gasteiger partial charge is 0.286 e. The van der Waals surface area contributed by atoms with Gasteiger partial charge in [-0.05, 0) is 67.4 Å². The molecule has 11 heteroatoms. The summed E-state index contributed by atoms with van der Waals surface area (Å²) >= 11 is 12.7. The number of rotatable bonds is 5. The van der Waals surface area contributed by atoms with Crippen molar-refractivity contribution in [1.29, 1.82) is 0 Å². The molecule has 180 valence electrons. The summed E-state index contributed by atoms with van der Waals surface area (Å²) in [6, 6.07) is 12.9. The first-order valence-electron chi connectivity index (χ1n) is 11.4. The summed E-state index contributed by atoms with van der Waals surface area (Å²) in [5.74, 6) is 0.845. The minimum Gasteiger partial charge on any atom is -0.296 e. The number of aryl methyl sites for hydroxylation is 1. The van der Waals surface area contributed by atoms with E-state index in [9.17, 15) is 4.79 Å². The summed E-state index contributed by atoms with van der Waals surface area (Å²) in [5, 5.41) is 15.2. The van der Waals surface area contributed by atoms with Crippen LogP contribution in [0.15, 0.2) is 42.5 Å². The van der Waals surface area contributed by atoms with E-state index < -0.39 is 0 Å². The molecule has 0 saturated carbocycles. The van der Waals surface area contributed by atoms with Crippen LogP contribution in [0.4, 0.5) is 0 Å². The minimum absolute atomic E-state index is 0.241. The number of aromatic nitrogens is 6. The van der Waals surface area contributed by atoms with Gasteiger partial charge < -0.3 is 0 Å². The maximum absolute atomic E-state index is 13.2. The van der Waals surface area contributed by atoms with Gasteiger partial charge in [0.1, 0.15) is 5.82 Å². The molecule has 4 aromatic rings. The first-order valence-corrected chi connectivity index (χ1v) is 12.1. The largest absolute Gasteiger partial charge is 0.296 e. The van der Waals surface area contributed by atoms with Gasteiger partial charge in [-0.25, -0.2) is 9.99 Å². The summed E-state index contributed by atoms with van der Waals surface area (Å²) in [6.45, 7) is 3.54. The summed E-state index contributed by atoms with van der Waals surface area (Å²) in [4.78, 5) is 19.4. The molecule has 2 aromatic carbocycles. The molecule has 1 amide bonds. The molecule has 3 heterocycles. The molecular weight excluding hydrogens is 487 g/mol. The quantitative estimate of drug-likeness (QED) is 0.425. The molecule has 0 unspecified atom stereocenters. The lowest BCUT2D eigenvalue weighted by Gasteiger charge is -2.26. The SMILES string of the molecule is Cc1c(C(=O)NN2CCCCC2)nc(-c2ccc(Cl)cc2Cl)n1-c1ccc(-c2nnn(C)n2)cc1. The number of hydrogen-bond acceptors (Lipinski definition) is 6. The number of halogens is 2. The fraction of sp³-hybridized carbons (Fsp3) is 0.292. The van der Waals surface area contributed by atoms with E-state index >= 15 is 0 Å². The monoisotopic (exact) mass is 510 g/mol. The van der Waals surface area contributed by atoms with E-state index in [1.807, 2.05) is 46.8 Å². The molecule has 35 heavy (non-hydrogen) atoms. The van der Waals surface area contributed by atoms with Crippen molar-refractivity contribution in [1.82, 2.24) is 40.2 Å². The minimum atomic E-state index is -0.241. The molecule has 0 aliphatic carbocycles. The average molecular weight is 511 g/mol. The molecule has 1 fully saturated rings. The van der Waals surface area contributed by atoms with E-state index in [-0.39, 0.29) is 5.91 Å². The van der Waals surface area contributed by atoms with Gasteiger partial charge in [0.05, 0.1) is 17.8 Å². The molecule has 2 aromatic heterocycles. The van der Waals surface area contributed by atoms with Crippen LogP contribution in [-0.4, -0.2) is 53.8 Å². The lowest BCUT2D eigenvalue weighted by molar-refractivity contribution is 0.0744. The van der Waals surface area contributed by atoms with Crippen molar-refractivity contribution in [3.63, 3.8) is 0 Å². The standard InChI is InChI=1S/C24H24Cl2N8O/c1-15-21(24(35)30-33-12-4-3-5-13-33)27-23(19-11-8-17(25)14-20(19)26)34(15)18-9-6-16(7-10-18)22-28-31-32(2)29-22/h6-11,14H,3-5,12-13H2,1-2H3,(H,30,35). The van der Waals surface area contributed by atoms with Gasteiger partial charge in [-0.1, -0.05) is 29.6 Å². The van der Waals surface area contributed by atoms with Crippen molar-refractivity contribution in [3.05, 3.63) is 63.9 Å². The normalized spacial score (nSPS) is 14.3. The van der Waals surface area contributed by atoms with Crippen molar-refractivity contribution in [3.8, 4) is 28.5 Å². The third-order valence-electron chi connectivity index (χ3n) is 6.00. The summed E-state index contributed by atoms with van der Waals surface area (Å²) in [5.41, 5.74) is 6.38. The fourth-order valence-electron chi connectivity index (χ4n) is 4.25. The second-order valence-electron chi connectivity index (χ2n) is 8.47. The number of hydrogen-bond donors (Lipinski definition) is 1. The van der Waals surface area contributed by atoms with Crippen molar-refractivity contribution in [2.75, 3.05) is 13.1 Å². The third kappa shape index (κ3) is 4.80. The highest BCUT2D eigenvalue weighted by atomic mass is 35.5. The van der Waals surface area contributed by atoms with Crippen LogP contribution >= 0.6 is 23.2 Å². The Morgan fingerprint density at radius 1 is 1.03 bits per heavy atom. The highest BCUT2D eigenvalue weighted by molar-refractivity contribution is 6.36. The summed E-state index contributed by atoms with van der Waals surface area (Å²) in [6.07, 6.45) is 3.30. The van der Waals surface area contributed by atoms with E-state index in [1.54, 1.807) is 19.2 Å². The number of benzene rings is 2. The first-order chi connectivity index (χ1) is 16.9. The van der Waals surface area contributed by atoms with Gasteiger partial charge in [0.25, 0.3) is 5.91 Å². The lowest BCUT2D eigenvalue weighted by atomic mass is 10.1. The number of tetrazole rings is 1. The Kier molecular flexibility index (Phi) is 6.55. The number of imidazole rings is 1. The van der Waals surface area contributed by atoms with Crippen LogP contribution in [-0.2, 0) is 7.05 Å². The molecule has 0 radical (unpaired) electrons. The summed E-state index contributed by atoms with van der Waals surface area (Å²) in [7, 11) is 1.72. The van der Waals surface area contributed by atoms with Crippen molar-refractivity contribution in [2.45, 2.75) is 26.2 Å². The predicted octanol–water partition coefficient (Wildman–Crippen LogP) is 4.48. The molecule has 1 saturated heterocycles. The van der Waals surface area contributed by atoms with Crippen molar-refractivity contribution < 1.29 is 4.79 Å². The number of carbonyl (C=O) groups is 1. The van der Waals surface area contributed by atoms with Gasteiger partial charge in [-0.3, -0.25) is 14.8 Å². The second kappa shape index (κ2) is 9.77. The number of hydrazine groups is 1. The molecule has 0 spiro atoms. The van der Waals surface area contributed by atoms with Crippen LogP contribution in [0.25, 0.3) is 28.5 Å². The van der Waals surface area contributed by atoms with E-state index in [2.05, 4.69) is 20.8 Å². The van der Waals surface area contributed by atoms with E-state index in [4.69, 9.17) is 28.2 Å². The van der Waals surface area contributed by atoms with Crippen LogP contribution < -0.4 is 5.43 Å². The van der Waals surface area contributed by atoms with E-state index in [0.717, 1.165) is 37.2 Å². The summed E-state index contributed by atoms with van der Waals surface area (Å²) < 4.78 is 1.92. The van der Waals surface area contributed by atoms with E-state index in [0.29, 0.717) is 38.6 Å². The Labute approximate surface area is 212 Å². The van der Waals surface area contributed by atoms with Crippen molar-refractivity contribution in [2.24, 2.45) is 7.05 Å². The zero-order valence-electron chi connectivity index (χ0n) is 19.4. The second-order valence-corrected chi connectivity index (χ2v) is 9.31. The Morgan fingerprint density at radius 2 is 1.77 bits per heavy atom. The molecule has 5 rings (SSSR count). The Balaban J connectivity index is 1.57. The maximum Gasteiger partial charge on any atom is 0.286 e. The molecule has 0 atom stereocenters. The van der Waals surface area contributed by atoms with Gasteiger partial charge in [-0.15, -0.1) is 10.2 Å². The zero-order chi connectivity index (χ0) is 24.5. The Hall–Kier alpha value is -3.27. The van der Waals surface area contributed by atoms with Crippen LogP contribution in [0.5, 0.6) is 0 Å². The molecule has 1 aliphatic heterocycles. The van der Waals surface area contributed by atoms with Gasteiger partial charge >= 0.3 is 0 Å². The molecule has 1 N–H and O–H groups in total. The number of nitrogens with one attached hydrogen (secondary N) is 1. The van der Waals surface area contributed by atoms with Gasteiger partial charge in [0, 0.05) is 34.9 Å². The lowest BCUT2D eigenvalue weighted by Crippen LogP contribution is -2.45. The Morgan fingerprint density at radius 3 is 2.43 bits per heavy atom. The van der Waals surface area contributed by atoms with Crippen molar-refractivity contribution >= 4 is 29.1 Å². The number of nitrogens with zero attached hydrogens (tertiary/aromatic N) is 7. The van der Waals surface area contributed by atoms with Gasteiger partial charge in [0.2, 0.25) is 5.82 Å². The van der Waals surface area contributed by atoms with E-state index in [1.165, 1.54) is 11.2 Å². The van der Waals surface area contributed by atoms with Gasteiger partial charge in [-0.2, -0.15) is 4.80 Å². The number of amides is 1. The highest BCUT2D eigenvalue weighted by Gasteiger charge is 2.25. The van der Waals surface area contributed by atoms with Crippen LogP contribution in [0.2, 0.25) is 10.0 Å². The molecular formula is C24H24Cl2N8O. The molecule has 0 bridgehead atoms. The predicted molar refractivity (Wildman–Crippen MR) is 134 cm³/mol. The zero-order valence-corrected chi connectivity index (χ0v) is 20.9. The molecule has 1 aliphatic rings. The number of carbonyl (C=O) groups excluding carboxylic acids is 1. The Bertz CT molecular complexity index is 1370. The van der Waals surface area contributed by atoms with Gasteiger partial charge in [0.15, 0.2) is 5.69 Å².